The lowest BCUT2D eigenvalue weighted by atomic mass is 10.1. The summed E-state index contributed by atoms with van der Waals surface area (Å²) >= 11 is 0. The summed E-state index contributed by atoms with van der Waals surface area (Å²) in [5.74, 6) is 0.00952. The van der Waals surface area contributed by atoms with Gasteiger partial charge in [-0.1, -0.05) is 5.57 Å². The Kier molecular flexibility index (Phi) is 9.66. The van der Waals surface area contributed by atoms with E-state index in [1.165, 1.54) is 0 Å². The number of nitrogens with zero attached hydrogens (tertiary/aromatic N) is 2. The van der Waals surface area contributed by atoms with Crippen molar-refractivity contribution in [1.29, 1.82) is 0 Å². The van der Waals surface area contributed by atoms with Gasteiger partial charge in [0.15, 0.2) is 5.66 Å². The van der Waals surface area contributed by atoms with E-state index in [0.717, 1.165) is 12.0 Å². The van der Waals surface area contributed by atoms with Crippen molar-refractivity contribution in [3.63, 3.8) is 0 Å². The highest BCUT2D eigenvalue weighted by atomic mass is 16.5. The molecular formula is C16H29N3O4. The molecule has 0 aromatic rings. The van der Waals surface area contributed by atoms with Crippen LogP contribution in [0.5, 0.6) is 0 Å². The first-order chi connectivity index (χ1) is 11.0. The van der Waals surface area contributed by atoms with Gasteiger partial charge >= 0.3 is 0 Å². The van der Waals surface area contributed by atoms with Crippen molar-refractivity contribution in [3.05, 3.63) is 12.2 Å². The normalized spacial score (nSPS) is 14.7. The van der Waals surface area contributed by atoms with E-state index in [2.05, 4.69) is 22.1 Å². The molecule has 0 spiro atoms. The Balaban J connectivity index is 1.74. The molecule has 0 unspecified atom stereocenters. The average Bonchev–Trinajstić information content (AvgIpc) is 3.24. The summed E-state index contributed by atoms with van der Waals surface area (Å²) in [6.07, 6.45) is 2.00. The second-order valence-electron chi connectivity index (χ2n) is 5.81. The first-order valence-electron chi connectivity index (χ1n) is 8.10. The van der Waals surface area contributed by atoms with E-state index in [4.69, 9.17) is 14.2 Å². The second kappa shape index (κ2) is 11.3. The van der Waals surface area contributed by atoms with Crippen molar-refractivity contribution >= 4 is 5.91 Å². The SMILES string of the molecule is C=C(C)CCOCCOCCOCCNC(=O)CCC1(C)N=N1. The van der Waals surface area contributed by atoms with Gasteiger partial charge in [-0.2, -0.15) is 10.2 Å². The molecule has 1 aliphatic heterocycles. The maximum atomic E-state index is 11.5. The van der Waals surface area contributed by atoms with Gasteiger partial charge in [0.05, 0.1) is 39.6 Å². The lowest BCUT2D eigenvalue weighted by Gasteiger charge is -2.08. The fourth-order valence-corrected chi connectivity index (χ4v) is 1.67. The molecule has 132 valence electrons. The Hall–Kier alpha value is -1.31. The van der Waals surface area contributed by atoms with Crippen molar-refractivity contribution in [3.8, 4) is 0 Å². The Morgan fingerprint density at radius 1 is 1.00 bits per heavy atom. The van der Waals surface area contributed by atoms with Crippen LogP contribution in [0, 0.1) is 0 Å². The van der Waals surface area contributed by atoms with Crippen LogP contribution >= 0.6 is 0 Å². The summed E-state index contributed by atoms with van der Waals surface area (Å²) in [5, 5.41) is 10.5. The van der Waals surface area contributed by atoms with Gasteiger partial charge in [0.25, 0.3) is 0 Å². The number of ether oxygens (including phenoxy) is 3. The van der Waals surface area contributed by atoms with Crippen LogP contribution in [0.15, 0.2) is 22.4 Å². The minimum absolute atomic E-state index is 0.00952. The van der Waals surface area contributed by atoms with E-state index in [9.17, 15) is 4.79 Å². The van der Waals surface area contributed by atoms with Gasteiger partial charge in [0.1, 0.15) is 0 Å². The molecule has 1 rings (SSSR count). The van der Waals surface area contributed by atoms with E-state index in [1.807, 2.05) is 13.8 Å². The molecule has 0 radical (unpaired) electrons. The molecule has 0 saturated carbocycles. The minimum atomic E-state index is -0.306. The number of amides is 1. The highest BCUT2D eigenvalue weighted by Crippen LogP contribution is 2.31. The third kappa shape index (κ3) is 11.9. The third-order valence-electron chi connectivity index (χ3n) is 3.25. The molecule has 1 N–H and O–H groups in total. The first-order valence-corrected chi connectivity index (χ1v) is 8.10. The van der Waals surface area contributed by atoms with Crippen molar-refractivity contribution in [2.24, 2.45) is 10.2 Å². The van der Waals surface area contributed by atoms with E-state index in [0.29, 0.717) is 59.0 Å². The molecule has 0 aliphatic carbocycles. The van der Waals surface area contributed by atoms with Gasteiger partial charge < -0.3 is 19.5 Å². The zero-order valence-corrected chi connectivity index (χ0v) is 14.3. The predicted molar refractivity (Wildman–Crippen MR) is 87.4 cm³/mol. The topological polar surface area (TPSA) is 81.5 Å². The Bertz CT molecular complexity index is 393. The van der Waals surface area contributed by atoms with Crippen LogP contribution in [0.2, 0.25) is 0 Å². The standard InChI is InChI=1S/C16H29N3O4/c1-14(2)5-8-21-10-12-23-13-11-22-9-7-17-15(20)4-6-16(3)18-19-16/h1,4-13H2,2-3H3,(H,17,20). The van der Waals surface area contributed by atoms with Crippen molar-refractivity contribution < 1.29 is 19.0 Å². The van der Waals surface area contributed by atoms with Gasteiger partial charge in [-0.3, -0.25) is 4.79 Å². The van der Waals surface area contributed by atoms with Crippen LogP contribution < -0.4 is 5.32 Å². The van der Waals surface area contributed by atoms with Crippen LogP contribution in [0.1, 0.15) is 33.1 Å². The maximum Gasteiger partial charge on any atom is 0.220 e. The van der Waals surface area contributed by atoms with Gasteiger partial charge in [0.2, 0.25) is 5.91 Å². The fraction of sp³-hybridized carbons (Fsp3) is 0.812. The van der Waals surface area contributed by atoms with E-state index < -0.39 is 0 Å². The fourth-order valence-electron chi connectivity index (χ4n) is 1.67. The van der Waals surface area contributed by atoms with Crippen LogP contribution in [0.4, 0.5) is 0 Å². The zero-order valence-electron chi connectivity index (χ0n) is 14.3. The average molecular weight is 327 g/mol. The largest absolute Gasteiger partial charge is 0.379 e. The quantitative estimate of drug-likeness (QED) is 0.369. The summed E-state index contributed by atoms with van der Waals surface area (Å²) in [7, 11) is 0. The molecule has 0 aromatic carbocycles. The van der Waals surface area contributed by atoms with E-state index in [-0.39, 0.29) is 11.6 Å². The number of carbonyl (C=O) groups excluding carboxylic acids is 1. The Morgan fingerprint density at radius 2 is 1.57 bits per heavy atom. The molecule has 0 fully saturated rings. The lowest BCUT2D eigenvalue weighted by molar-refractivity contribution is -0.121. The molecule has 0 bridgehead atoms. The number of rotatable bonds is 15. The van der Waals surface area contributed by atoms with Crippen molar-refractivity contribution in [2.45, 2.75) is 38.8 Å². The summed E-state index contributed by atoms with van der Waals surface area (Å²) in [6, 6.07) is 0. The van der Waals surface area contributed by atoms with Crippen LogP contribution in [0.3, 0.4) is 0 Å². The number of hydrogen-bond donors (Lipinski definition) is 1. The van der Waals surface area contributed by atoms with Crippen molar-refractivity contribution in [2.75, 3.05) is 46.2 Å². The van der Waals surface area contributed by atoms with Crippen molar-refractivity contribution in [1.82, 2.24) is 5.32 Å². The molecular weight excluding hydrogens is 298 g/mol. The summed E-state index contributed by atoms with van der Waals surface area (Å²) in [5.41, 5.74) is 0.817. The van der Waals surface area contributed by atoms with Crippen LogP contribution in [0.25, 0.3) is 0 Å². The van der Waals surface area contributed by atoms with Gasteiger partial charge in [0, 0.05) is 19.4 Å². The molecule has 1 heterocycles. The highest BCUT2D eigenvalue weighted by molar-refractivity contribution is 5.75. The number of carbonyl (C=O) groups is 1. The maximum absolute atomic E-state index is 11.5. The summed E-state index contributed by atoms with van der Waals surface area (Å²) < 4.78 is 16.1. The Labute approximate surface area is 138 Å². The predicted octanol–water partition coefficient (Wildman–Crippen LogP) is 2.08. The molecule has 0 saturated heterocycles. The lowest BCUT2D eigenvalue weighted by Crippen LogP contribution is -2.28. The molecule has 1 aliphatic rings. The number of hydrogen-bond acceptors (Lipinski definition) is 6. The zero-order chi connectivity index (χ0) is 17.0. The second-order valence-corrected chi connectivity index (χ2v) is 5.81. The minimum Gasteiger partial charge on any atom is -0.379 e. The molecule has 7 nitrogen and oxygen atoms in total. The van der Waals surface area contributed by atoms with E-state index in [1.54, 1.807) is 0 Å². The molecule has 0 aromatic heterocycles. The summed E-state index contributed by atoms with van der Waals surface area (Å²) in [4.78, 5) is 11.5. The summed E-state index contributed by atoms with van der Waals surface area (Å²) in [6.45, 7) is 11.6. The third-order valence-corrected chi connectivity index (χ3v) is 3.25. The smallest absolute Gasteiger partial charge is 0.220 e. The van der Waals surface area contributed by atoms with Gasteiger partial charge in [-0.15, -0.1) is 6.58 Å². The number of nitrogens with one attached hydrogen (secondary N) is 1. The van der Waals surface area contributed by atoms with Crippen LogP contribution in [-0.2, 0) is 19.0 Å². The van der Waals surface area contributed by atoms with Crippen LogP contribution in [-0.4, -0.2) is 57.8 Å². The molecule has 7 heteroatoms. The first kappa shape index (κ1) is 19.7. The highest BCUT2D eigenvalue weighted by Gasteiger charge is 2.33. The molecule has 23 heavy (non-hydrogen) atoms. The molecule has 0 atom stereocenters. The van der Waals surface area contributed by atoms with Gasteiger partial charge in [-0.25, -0.2) is 0 Å². The van der Waals surface area contributed by atoms with E-state index >= 15 is 0 Å². The Morgan fingerprint density at radius 3 is 2.13 bits per heavy atom. The monoisotopic (exact) mass is 327 g/mol. The van der Waals surface area contributed by atoms with Gasteiger partial charge in [-0.05, 0) is 20.3 Å². The molecule has 1 amide bonds.